The molecule has 0 aliphatic heterocycles. The Kier molecular flexibility index (Phi) is 3.75. The number of carboxylic acids is 1. The maximum Gasteiger partial charge on any atom is 0.339 e. The molecule has 0 unspecified atom stereocenters. The van der Waals surface area contributed by atoms with Gasteiger partial charge in [-0.25, -0.2) is 9.78 Å². The van der Waals surface area contributed by atoms with Gasteiger partial charge in [0.2, 0.25) is 0 Å². The lowest BCUT2D eigenvalue weighted by molar-refractivity contribution is 0.0697. The van der Waals surface area contributed by atoms with E-state index >= 15 is 0 Å². The van der Waals surface area contributed by atoms with Gasteiger partial charge in [0.25, 0.3) is 0 Å². The van der Waals surface area contributed by atoms with Crippen molar-refractivity contribution in [3.63, 3.8) is 0 Å². The van der Waals surface area contributed by atoms with Crippen LogP contribution in [0.25, 0.3) is 0 Å². The Hall–Kier alpha value is -2.43. The summed E-state index contributed by atoms with van der Waals surface area (Å²) in [5.41, 5.74) is 3.03. The molecule has 0 saturated carbocycles. The molecule has 0 spiro atoms. The Morgan fingerprint density at radius 1 is 1.26 bits per heavy atom. The third kappa shape index (κ3) is 2.88. The average Bonchev–Trinajstić information content (AvgIpc) is 2.37. The number of nitrogens with zero attached hydrogens (tertiary/aromatic N) is 2. The van der Waals surface area contributed by atoms with Crippen molar-refractivity contribution in [1.29, 1.82) is 0 Å². The van der Waals surface area contributed by atoms with E-state index < -0.39 is 5.97 Å². The Balaban J connectivity index is 2.23. The van der Waals surface area contributed by atoms with E-state index in [2.05, 4.69) is 15.3 Å². The van der Waals surface area contributed by atoms with E-state index in [4.69, 9.17) is 0 Å². The summed E-state index contributed by atoms with van der Waals surface area (Å²) in [6.45, 7) is 4.24. The highest BCUT2D eigenvalue weighted by Gasteiger charge is 2.14. The Labute approximate surface area is 111 Å². The molecule has 2 rings (SSSR count). The molecule has 98 valence electrons. The molecule has 0 radical (unpaired) electrons. The van der Waals surface area contributed by atoms with Crippen LogP contribution in [-0.2, 0) is 6.54 Å². The second-order valence-corrected chi connectivity index (χ2v) is 4.31. The largest absolute Gasteiger partial charge is 0.478 e. The van der Waals surface area contributed by atoms with Crippen LogP contribution in [0.3, 0.4) is 0 Å². The zero-order valence-electron chi connectivity index (χ0n) is 10.8. The zero-order valence-corrected chi connectivity index (χ0v) is 10.8. The molecule has 0 atom stereocenters. The van der Waals surface area contributed by atoms with Gasteiger partial charge in [-0.15, -0.1) is 0 Å². The fourth-order valence-electron chi connectivity index (χ4n) is 1.84. The predicted molar refractivity (Wildman–Crippen MR) is 72.2 cm³/mol. The van der Waals surface area contributed by atoms with Gasteiger partial charge in [0.05, 0.1) is 0 Å². The molecule has 5 heteroatoms. The standard InChI is InChI=1S/C14H15N3O2/c1-9-3-6-16-13(12(9)14(18)19)17-8-11-4-5-15-7-10(11)2/h3-7H,8H2,1-2H3,(H,16,17)(H,18,19). The summed E-state index contributed by atoms with van der Waals surface area (Å²) in [4.78, 5) is 19.4. The number of rotatable bonds is 4. The number of hydrogen-bond acceptors (Lipinski definition) is 4. The van der Waals surface area contributed by atoms with Crippen LogP contribution in [0.2, 0.25) is 0 Å². The van der Waals surface area contributed by atoms with E-state index in [-0.39, 0.29) is 5.56 Å². The van der Waals surface area contributed by atoms with Gasteiger partial charge >= 0.3 is 5.97 Å². The summed E-state index contributed by atoms with van der Waals surface area (Å²) in [6.07, 6.45) is 5.09. The number of nitrogens with one attached hydrogen (secondary N) is 1. The van der Waals surface area contributed by atoms with E-state index in [9.17, 15) is 9.90 Å². The van der Waals surface area contributed by atoms with Crippen LogP contribution in [0.5, 0.6) is 0 Å². The molecule has 0 fully saturated rings. The van der Waals surface area contributed by atoms with Gasteiger partial charge in [-0.1, -0.05) is 0 Å². The van der Waals surface area contributed by atoms with Crippen LogP contribution < -0.4 is 5.32 Å². The van der Waals surface area contributed by atoms with Crippen molar-refractivity contribution in [2.45, 2.75) is 20.4 Å². The number of pyridine rings is 2. The summed E-state index contributed by atoms with van der Waals surface area (Å²) in [7, 11) is 0. The molecule has 2 aromatic rings. The first-order chi connectivity index (χ1) is 9.09. The van der Waals surface area contributed by atoms with Crippen molar-refractivity contribution < 1.29 is 9.90 Å². The SMILES string of the molecule is Cc1cnccc1CNc1nccc(C)c1C(=O)O. The number of aryl methyl sites for hydroxylation is 2. The minimum absolute atomic E-state index is 0.217. The van der Waals surface area contributed by atoms with Gasteiger partial charge in [0.1, 0.15) is 11.4 Å². The molecule has 5 nitrogen and oxygen atoms in total. The minimum Gasteiger partial charge on any atom is -0.478 e. The lowest BCUT2D eigenvalue weighted by Crippen LogP contribution is -2.10. The smallest absolute Gasteiger partial charge is 0.339 e. The number of hydrogen-bond donors (Lipinski definition) is 2. The molecule has 0 amide bonds. The highest BCUT2D eigenvalue weighted by molar-refractivity contribution is 5.94. The van der Waals surface area contributed by atoms with Crippen LogP contribution in [0, 0.1) is 13.8 Å². The molecule has 0 saturated heterocycles. The average molecular weight is 257 g/mol. The summed E-state index contributed by atoms with van der Waals surface area (Å²) >= 11 is 0. The second kappa shape index (κ2) is 5.48. The predicted octanol–water partition coefficient (Wildman–Crippen LogP) is 2.40. The highest BCUT2D eigenvalue weighted by Crippen LogP contribution is 2.17. The van der Waals surface area contributed by atoms with Crippen molar-refractivity contribution >= 4 is 11.8 Å². The molecule has 19 heavy (non-hydrogen) atoms. The molecule has 2 N–H and O–H groups in total. The number of carboxylic acid groups (broad SMARTS) is 1. The van der Waals surface area contributed by atoms with Crippen molar-refractivity contribution in [1.82, 2.24) is 9.97 Å². The molecule has 0 bridgehead atoms. The number of carbonyl (C=O) groups is 1. The van der Waals surface area contributed by atoms with E-state index in [0.29, 0.717) is 17.9 Å². The van der Waals surface area contributed by atoms with E-state index in [1.165, 1.54) is 0 Å². The first kappa shape index (κ1) is 13.0. The molecule has 0 aromatic carbocycles. The monoisotopic (exact) mass is 257 g/mol. The molecular weight excluding hydrogens is 242 g/mol. The van der Waals surface area contributed by atoms with Gasteiger partial charge in [-0.05, 0) is 42.7 Å². The van der Waals surface area contributed by atoms with E-state index in [1.807, 2.05) is 13.0 Å². The fraction of sp³-hybridized carbons (Fsp3) is 0.214. The molecule has 0 aliphatic rings. The number of anilines is 1. The molecule has 0 aliphatic carbocycles. The van der Waals surface area contributed by atoms with Crippen LogP contribution in [0.4, 0.5) is 5.82 Å². The summed E-state index contributed by atoms with van der Waals surface area (Å²) < 4.78 is 0. The van der Waals surface area contributed by atoms with Gasteiger partial charge in [0.15, 0.2) is 0 Å². The van der Waals surface area contributed by atoms with Gasteiger partial charge in [-0.2, -0.15) is 0 Å². The fourth-order valence-corrected chi connectivity index (χ4v) is 1.84. The minimum atomic E-state index is -0.973. The topological polar surface area (TPSA) is 75.1 Å². The maximum atomic E-state index is 11.2. The van der Waals surface area contributed by atoms with Crippen LogP contribution in [0.1, 0.15) is 27.0 Å². The molecule has 2 heterocycles. The van der Waals surface area contributed by atoms with Gasteiger partial charge in [-0.3, -0.25) is 4.98 Å². The van der Waals surface area contributed by atoms with Crippen LogP contribution in [0.15, 0.2) is 30.7 Å². The summed E-state index contributed by atoms with van der Waals surface area (Å²) in [5.74, 6) is -0.580. The van der Waals surface area contributed by atoms with Crippen molar-refractivity contribution in [3.8, 4) is 0 Å². The normalized spacial score (nSPS) is 10.2. The van der Waals surface area contributed by atoms with Crippen molar-refractivity contribution in [2.24, 2.45) is 0 Å². The summed E-state index contributed by atoms with van der Waals surface area (Å²) in [5, 5.41) is 12.3. The second-order valence-electron chi connectivity index (χ2n) is 4.31. The van der Waals surface area contributed by atoms with Crippen LogP contribution >= 0.6 is 0 Å². The summed E-state index contributed by atoms with van der Waals surface area (Å²) in [6, 6.07) is 3.59. The van der Waals surface area contributed by atoms with Crippen LogP contribution in [-0.4, -0.2) is 21.0 Å². The number of aromatic nitrogens is 2. The molecular formula is C14H15N3O2. The third-order valence-corrected chi connectivity index (χ3v) is 2.96. The maximum absolute atomic E-state index is 11.2. The number of aromatic carboxylic acids is 1. The quantitative estimate of drug-likeness (QED) is 0.879. The zero-order chi connectivity index (χ0) is 13.8. The van der Waals surface area contributed by atoms with E-state index in [1.54, 1.807) is 31.6 Å². The lowest BCUT2D eigenvalue weighted by atomic mass is 10.1. The Morgan fingerprint density at radius 2 is 2.05 bits per heavy atom. The van der Waals surface area contributed by atoms with Gasteiger partial charge < -0.3 is 10.4 Å². The Bertz CT molecular complexity index is 611. The first-order valence-electron chi connectivity index (χ1n) is 5.92. The highest BCUT2D eigenvalue weighted by atomic mass is 16.4. The van der Waals surface area contributed by atoms with Crippen molar-refractivity contribution in [2.75, 3.05) is 5.32 Å². The third-order valence-electron chi connectivity index (χ3n) is 2.96. The van der Waals surface area contributed by atoms with E-state index in [0.717, 1.165) is 11.1 Å². The molecule has 2 aromatic heterocycles. The Morgan fingerprint density at radius 3 is 2.74 bits per heavy atom. The van der Waals surface area contributed by atoms with Crippen molar-refractivity contribution in [3.05, 3.63) is 53.0 Å². The first-order valence-corrected chi connectivity index (χ1v) is 5.92. The lowest BCUT2D eigenvalue weighted by Gasteiger charge is -2.11. The van der Waals surface area contributed by atoms with Gasteiger partial charge in [0, 0.05) is 25.1 Å².